The van der Waals surface area contributed by atoms with E-state index in [1.54, 1.807) is 29.3 Å². The van der Waals surface area contributed by atoms with Gasteiger partial charge in [0.1, 0.15) is 23.7 Å². The number of aromatic nitrogens is 4. The minimum Gasteiger partial charge on any atom is -0.453 e. The number of nitrogens with zero attached hydrogens (tertiary/aromatic N) is 4. The van der Waals surface area contributed by atoms with E-state index in [0.29, 0.717) is 51.7 Å². The van der Waals surface area contributed by atoms with Gasteiger partial charge in [-0.1, -0.05) is 58.0 Å². The van der Waals surface area contributed by atoms with Crippen LogP contribution in [0.25, 0.3) is 44.5 Å². The molecule has 4 heterocycles. The lowest BCUT2D eigenvalue weighted by atomic mass is 9.95. The molecule has 4 fully saturated rings. The SMILES string of the molecule is COC(=O)N[C@@H](C(=O)N1CC2(CC2)C[C@H]1c1ncc(-c2ccc3c(c2)C(F)(F)c2cc(-c4ccc5nc([C@@H]6[C@H]7CC[C@H](C7)N6C(=O)[C@H](NC(=O)OC)C(C)C)[nH]c5c4)ccc2-3)[nH]1)C(C)C. The number of aromatic amines is 2. The summed E-state index contributed by atoms with van der Waals surface area (Å²) in [7, 11) is 2.54. The summed E-state index contributed by atoms with van der Waals surface area (Å²) in [5.74, 6) is -2.53. The van der Waals surface area contributed by atoms with Crippen LogP contribution in [0.3, 0.4) is 0 Å². The maximum absolute atomic E-state index is 16.7. The van der Waals surface area contributed by atoms with Crippen LogP contribution < -0.4 is 10.6 Å². The van der Waals surface area contributed by atoms with E-state index >= 15 is 8.78 Å². The lowest BCUT2D eigenvalue weighted by Crippen LogP contribution is -2.54. The molecule has 5 aliphatic rings. The smallest absolute Gasteiger partial charge is 0.407 e. The van der Waals surface area contributed by atoms with E-state index in [4.69, 9.17) is 19.4 Å². The Morgan fingerprint density at radius 3 is 2.05 bits per heavy atom. The number of piperidine rings is 1. The van der Waals surface area contributed by atoms with E-state index < -0.39 is 30.2 Å². The van der Waals surface area contributed by atoms with Crippen molar-refractivity contribution in [1.29, 1.82) is 0 Å². The standard InChI is InChI=1S/C49H54F2N8O6/c1-24(2)39(56-46(62)64-5)44(60)58-23-48(15-16-48)21-38(58)42-52-22-37(55-42)28-9-13-32-31-12-8-26(18-33(31)49(50,51)34(32)19-28)27-10-14-35-36(20-27)54-43(53-35)41-29-7-11-30(17-29)59(41)45(61)40(25(3)4)57-47(63)65-6/h8-10,12-14,18-20,22,24-25,29-30,38-41H,7,11,15-17,21,23H2,1-6H3,(H,52,55)(H,53,54)(H,56,62)(H,57,63)/t29-,30+,38-,39+,40+,41-/m0/s1. The molecule has 6 atom stereocenters. The number of H-pyrrole nitrogens is 2. The largest absolute Gasteiger partial charge is 0.453 e. The molecule has 2 aliphatic heterocycles. The van der Waals surface area contributed by atoms with Crippen LogP contribution in [0.1, 0.15) is 101 Å². The van der Waals surface area contributed by atoms with Crippen LogP contribution in [0.5, 0.6) is 0 Å². The number of hydrogen-bond acceptors (Lipinski definition) is 8. The Kier molecular flexibility index (Phi) is 10.3. The zero-order chi connectivity index (χ0) is 45.7. The number of alkyl carbamates (subject to hydrolysis) is 2. The zero-order valence-electron chi connectivity index (χ0n) is 37.3. The van der Waals surface area contributed by atoms with Gasteiger partial charge in [-0.3, -0.25) is 9.59 Å². The number of carbonyl (C=O) groups is 4. The molecule has 340 valence electrons. The van der Waals surface area contributed by atoms with Crippen molar-refractivity contribution in [2.75, 3.05) is 20.8 Å². The molecule has 2 aromatic heterocycles. The van der Waals surface area contributed by atoms with E-state index in [1.165, 1.54) is 20.3 Å². The Morgan fingerprint density at radius 1 is 0.785 bits per heavy atom. The van der Waals surface area contributed by atoms with E-state index in [-0.39, 0.29) is 64.2 Å². The Balaban J connectivity index is 0.896. The average Bonchev–Trinajstić information content (AvgIpc) is 3.95. The average molecular weight is 889 g/mol. The fraction of sp³-hybridized carbons (Fsp3) is 0.469. The molecule has 2 saturated heterocycles. The van der Waals surface area contributed by atoms with Crippen molar-refractivity contribution in [2.24, 2.45) is 23.2 Å². The molecule has 3 aliphatic carbocycles. The highest BCUT2D eigenvalue weighted by Crippen LogP contribution is 2.59. The molecule has 0 radical (unpaired) electrons. The maximum Gasteiger partial charge on any atom is 0.407 e. The highest BCUT2D eigenvalue weighted by molar-refractivity contribution is 5.89. The normalized spacial score (nSPS) is 22.9. The van der Waals surface area contributed by atoms with Crippen LogP contribution in [0.15, 0.2) is 60.8 Å². The summed E-state index contributed by atoms with van der Waals surface area (Å²) in [6.07, 6.45) is 5.75. The highest BCUT2D eigenvalue weighted by atomic mass is 19.3. The Bertz CT molecular complexity index is 2740. The van der Waals surface area contributed by atoms with Gasteiger partial charge >= 0.3 is 12.2 Å². The predicted molar refractivity (Wildman–Crippen MR) is 237 cm³/mol. The molecule has 65 heavy (non-hydrogen) atoms. The molecule has 2 saturated carbocycles. The fourth-order valence-electron chi connectivity index (χ4n) is 11.0. The lowest BCUT2D eigenvalue weighted by molar-refractivity contribution is -0.139. The van der Waals surface area contributed by atoms with Gasteiger partial charge in [0.2, 0.25) is 11.8 Å². The molecule has 4 N–H and O–H groups in total. The summed E-state index contributed by atoms with van der Waals surface area (Å²) < 4.78 is 43.0. The number of carbonyl (C=O) groups excluding carboxylic acids is 4. The van der Waals surface area contributed by atoms with Crippen LogP contribution in [0.4, 0.5) is 18.4 Å². The molecule has 10 rings (SSSR count). The van der Waals surface area contributed by atoms with Gasteiger partial charge in [-0.25, -0.2) is 19.6 Å². The third-order valence-electron chi connectivity index (χ3n) is 14.7. The Morgan fingerprint density at radius 2 is 1.40 bits per heavy atom. The summed E-state index contributed by atoms with van der Waals surface area (Å²) >= 11 is 0. The van der Waals surface area contributed by atoms with Crippen molar-refractivity contribution in [3.8, 4) is 33.5 Å². The number of rotatable bonds is 10. The quantitative estimate of drug-likeness (QED) is 0.108. The minimum atomic E-state index is -3.29. The van der Waals surface area contributed by atoms with Gasteiger partial charge in [0.25, 0.3) is 5.92 Å². The first kappa shape index (κ1) is 42.6. The first-order chi connectivity index (χ1) is 31.1. The number of alkyl halides is 2. The van der Waals surface area contributed by atoms with E-state index in [9.17, 15) is 19.2 Å². The van der Waals surface area contributed by atoms with Crippen molar-refractivity contribution < 1.29 is 37.4 Å². The summed E-state index contributed by atoms with van der Waals surface area (Å²) in [6, 6.07) is 13.8. The second kappa shape index (κ2) is 15.7. The number of amides is 4. The third kappa shape index (κ3) is 7.19. The number of imidazole rings is 2. The summed E-state index contributed by atoms with van der Waals surface area (Å²) in [5, 5.41) is 5.43. The molecule has 0 unspecified atom stereocenters. The monoisotopic (exact) mass is 888 g/mol. The predicted octanol–water partition coefficient (Wildman–Crippen LogP) is 8.61. The fourth-order valence-corrected chi connectivity index (χ4v) is 11.0. The second-order valence-corrected chi connectivity index (χ2v) is 19.4. The van der Waals surface area contributed by atoms with Crippen molar-refractivity contribution in [1.82, 2.24) is 40.4 Å². The molecule has 1 spiro atoms. The van der Waals surface area contributed by atoms with E-state index in [2.05, 4.69) is 20.6 Å². The third-order valence-corrected chi connectivity index (χ3v) is 14.7. The number of likely N-dealkylation sites (tertiary alicyclic amines) is 2. The lowest BCUT2D eigenvalue weighted by Gasteiger charge is -2.37. The van der Waals surface area contributed by atoms with Gasteiger partial charge in [0, 0.05) is 29.3 Å². The van der Waals surface area contributed by atoms with Gasteiger partial charge in [0.15, 0.2) is 0 Å². The topological polar surface area (TPSA) is 175 Å². The number of halogens is 2. The van der Waals surface area contributed by atoms with Gasteiger partial charge in [-0.2, -0.15) is 8.78 Å². The van der Waals surface area contributed by atoms with Gasteiger partial charge in [0.05, 0.1) is 49.2 Å². The number of fused-ring (bicyclic) bond motifs is 6. The van der Waals surface area contributed by atoms with Crippen molar-refractivity contribution in [3.05, 3.63) is 83.6 Å². The number of benzene rings is 3. The van der Waals surface area contributed by atoms with E-state index in [0.717, 1.165) is 49.6 Å². The molecular formula is C49H54F2N8O6. The van der Waals surface area contributed by atoms with Gasteiger partial charge in [-0.05, 0) is 108 Å². The molecular weight excluding hydrogens is 835 g/mol. The van der Waals surface area contributed by atoms with Crippen molar-refractivity contribution >= 4 is 35.0 Å². The number of hydrogen-bond donors (Lipinski definition) is 4. The number of ether oxygens (including phenoxy) is 2. The van der Waals surface area contributed by atoms with Crippen LogP contribution in [0.2, 0.25) is 0 Å². The van der Waals surface area contributed by atoms with Gasteiger partial charge in [-0.15, -0.1) is 0 Å². The van der Waals surface area contributed by atoms with Gasteiger partial charge < -0.3 is 39.9 Å². The molecule has 3 aromatic carbocycles. The summed E-state index contributed by atoms with van der Waals surface area (Å²) in [5.41, 5.74) is 4.68. The summed E-state index contributed by atoms with van der Waals surface area (Å²) in [4.78, 5) is 72.6. The van der Waals surface area contributed by atoms with Crippen LogP contribution >= 0.6 is 0 Å². The minimum absolute atomic E-state index is 0.0102. The zero-order valence-corrected chi connectivity index (χ0v) is 37.3. The second-order valence-electron chi connectivity index (χ2n) is 19.4. The summed E-state index contributed by atoms with van der Waals surface area (Å²) in [6.45, 7) is 8.09. The van der Waals surface area contributed by atoms with Crippen LogP contribution in [-0.2, 0) is 25.0 Å². The number of methoxy groups -OCH3 is 2. The molecule has 4 amide bonds. The maximum atomic E-state index is 16.7. The Labute approximate surface area is 375 Å². The molecule has 2 bridgehead atoms. The first-order valence-electron chi connectivity index (χ1n) is 22.6. The molecule has 5 aromatic rings. The van der Waals surface area contributed by atoms with Crippen molar-refractivity contribution in [2.45, 2.75) is 102 Å². The molecule has 14 nitrogen and oxygen atoms in total. The molecule has 16 heteroatoms. The first-order valence-corrected chi connectivity index (χ1v) is 22.6. The highest BCUT2D eigenvalue weighted by Gasteiger charge is 2.56. The van der Waals surface area contributed by atoms with E-state index in [1.807, 2.05) is 62.9 Å². The number of nitrogens with one attached hydrogen (secondary N) is 4. The van der Waals surface area contributed by atoms with Crippen molar-refractivity contribution in [3.63, 3.8) is 0 Å². The van der Waals surface area contributed by atoms with Crippen LogP contribution in [-0.4, -0.2) is 92.6 Å². The van der Waals surface area contributed by atoms with Crippen LogP contribution in [0, 0.1) is 23.2 Å². The Hall–Kier alpha value is -6.32.